The first-order valence-corrected chi connectivity index (χ1v) is 15.8. The first kappa shape index (κ1) is 31.8. The lowest BCUT2D eigenvalue weighted by Crippen LogP contribution is -2.41. The van der Waals surface area contributed by atoms with E-state index in [0.717, 1.165) is 10.2 Å². The lowest BCUT2D eigenvalue weighted by Gasteiger charge is -2.32. The minimum atomic E-state index is -1.54. The van der Waals surface area contributed by atoms with Gasteiger partial charge in [0.25, 0.3) is 0 Å². The molecular formula is C24H46B2BrNO5Si. The van der Waals surface area contributed by atoms with E-state index in [-0.39, 0.29) is 35.4 Å². The highest BCUT2D eigenvalue weighted by atomic mass is 79.9. The van der Waals surface area contributed by atoms with Gasteiger partial charge in [-0.2, -0.15) is 0 Å². The molecule has 2 fully saturated rings. The number of hydrogen-bond acceptors (Lipinski definition) is 6. The highest BCUT2D eigenvalue weighted by Gasteiger charge is 2.63. The Labute approximate surface area is 218 Å². The summed E-state index contributed by atoms with van der Waals surface area (Å²) in [6, 6.07) is 4.00. The molecule has 194 valence electrons. The standard InChI is InChI=1S/C12H24B2O4.C11H18BrNOSi.CH4/c1-9(2)10(3,4)16-13(15-9)14-17-11(5,6)12(7,8)18-14;1-11(2,14-15(3,4)5)10-7-6-9(12)8-13-10;/h1-8H3;6-8H,1-5H3;1H4/i;1+1,2+1,11+1;. The quantitative estimate of drug-likeness (QED) is 0.297. The molecule has 3 rings (SSSR count). The molecule has 0 N–H and O–H groups in total. The van der Waals surface area contributed by atoms with Crippen LogP contribution < -0.4 is 0 Å². The molecule has 6 nitrogen and oxygen atoms in total. The van der Waals surface area contributed by atoms with E-state index in [4.69, 9.17) is 23.0 Å². The molecule has 2 saturated heterocycles. The van der Waals surface area contributed by atoms with E-state index in [0.29, 0.717) is 0 Å². The van der Waals surface area contributed by atoms with Gasteiger partial charge in [0.05, 0.1) is 33.7 Å². The summed E-state index contributed by atoms with van der Waals surface area (Å²) in [4.78, 5) is 4.38. The van der Waals surface area contributed by atoms with Gasteiger partial charge in [-0.1, -0.05) is 7.43 Å². The van der Waals surface area contributed by atoms with Gasteiger partial charge in [-0.25, -0.2) is 0 Å². The van der Waals surface area contributed by atoms with Crippen LogP contribution in [-0.4, -0.2) is 49.7 Å². The molecule has 0 radical (unpaired) electrons. The van der Waals surface area contributed by atoms with Gasteiger partial charge < -0.3 is 23.0 Å². The Bertz CT molecular complexity index is 760. The van der Waals surface area contributed by atoms with E-state index in [2.05, 4.69) is 54.4 Å². The third-order valence-electron chi connectivity index (χ3n) is 6.67. The van der Waals surface area contributed by atoms with Crippen LogP contribution in [0.3, 0.4) is 0 Å². The van der Waals surface area contributed by atoms with Crippen LogP contribution in [0.5, 0.6) is 0 Å². The van der Waals surface area contributed by atoms with E-state index < -0.39 is 22.3 Å². The molecule has 10 heteroatoms. The fraction of sp³-hybridized carbons (Fsp3) is 0.792. The number of halogens is 1. The summed E-state index contributed by atoms with van der Waals surface area (Å²) in [5.74, 6) is 0. The predicted octanol–water partition coefficient (Wildman–Crippen LogP) is 6.82. The SMILES string of the molecule is C.CC1(C)OB(B2OC(C)(C)C(C)(C)O2)OC1(C)C.C[Si](C)(C)O[13C]([13CH3])([13CH3])c1ccc(Br)cn1. The van der Waals surface area contributed by atoms with Gasteiger partial charge in [-0.05, 0) is 117 Å². The Morgan fingerprint density at radius 1 is 0.794 bits per heavy atom. The second kappa shape index (κ2) is 10.3. The first-order valence-electron chi connectivity index (χ1n) is 11.6. The molecular weight excluding hydrogens is 515 g/mol. The van der Waals surface area contributed by atoms with Gasteiger partial charge in [0.1, 0.15) is 0 Å². The molecule has 3 heterocycles. The van der Waals surface area contributed by atoms with Gasteiger partial charge in [0.15, 0.2) is 8.32 Å². The van der Waals surface area contributed by atoms with Crippen molar-refractivity contribution >= 4 is 38.3 Å². The third kappa shape index (κ3) is 7.40. The molecule has 2 aliphatic rings. The molecule has 1 aromatic heterocycles. The Morgan fingerprint density at radius 3 is 1.41 bits per heavy atom. The highest BCUT2D eigenvalue weighted by Crippen LogP contribution is 2.42. The Kier molecular flexibility index (Phi) is 9.60. The summed E-state index contributed by atoms with van der Waals surface area (Å²) in [5, 5.41) is 0. The lowest BCUT2D eigenvalue weighted by molar-refractivity contribution is 0.00578. The Balaban J connectivity index is 0.000000336. The topological polar surface area (TPSA) is 59.0 Å². The zero-order chi connectivity index (χ0) is 25.7. The fourth-order valence-corrected chi connectivity index (χ4v) is 5.42. The van der Waals surface area contributed by atoms with Crippen LogP contribution in [0.2, 0.25) is 19.6 Å². The van der Waals surface area contributed by atoms with Crippen LogP contribution in [0.15, 0.2) is 22.8 Å². The molecule has 2 aliphatic heterocycles. The molecule has 1 aromatic rings. The fourth-order valence-electron chi connectivity index (χ4n) is 3.55. The minimum absolute atomic E-state index is 0. The van der Waals surface area contributed by atoms with Crippen LogP contribution >= 0.6 is 15.9 Å². The average molecular weight is 561 g/mol. The van der Waals surface area contributed by atoms with Gasteiger partial charge in [-0.15, -0.1) is 0 Å². The van der Waals surface area contributed by atoms with Gasteiger partial charge >= 0.3 is 14.0 Å². The zero-order valence-electron chi connectivity index (χ0n) is 22.8. The van der Waals surface area contributed by atoms with Crippen molar-refractivity contribution in [2.45, 2.75) is 124 Å². The van der Waals surface area contributed by atoms with Crippen molar-refractivity contribution < 1.29 is 23.0 Å². The molecule has 0 spiro atoms. The van der Waals surface area contributed by atoms with Crippen LogP contribution in [0.1, 0.15) is 82.4 Å². The maximum Gasteiger partial charge on any atom is 0.488 e. The Hall–Kier alpha value is -0.223. The molecule has 0 amide bonds. The summed E-state index contributed by atoms with van der Waals surface area (Å²) in [6.07, 6.45) is 1.81. The molecule has 0 saturated carbocycles. The zero-order valence-corrected chi connectivity index (χ0v) is 25.3. The largest absolute Gasteiger partial charge is 0.488 e. The predicted molar refractivity (Wildman–Crippen MR) is 148 cm³/mol. The molecule has 0 aliphatic carbocycles. The molecule has 0 aromatic carbocycles. The van der Waals surface area contributed by atoms with E-state index >= 15 is 0 Å². The smallest absolute Gasteiger partial charge is 0.407 e. The van der Waals surface area contributed by atoms with Crippen molar-refractivity contribution in [1.82, 2.24) is 4.98 Å². The number of aromatic nitrogens is 1. The highest BCUT2D eigenvalue weighted by molar-refractivity contribution is 9.10. The lowest BCUT2D eigenvalue weighted by atomic mass is 9.49. The van der Waals surface area contributed by atoms with E-state index in [1.165, 1.54) is 0 Å². The summed E-state index contributed by atoms with van der Waals surface area (Å²) < 4.78 is 31.0. The van der Waals surface area contributed by atoms with Crippen molar-refractivity contribution in [2.24, 2.45) is 0 Å². The van der Waals surface area contributed by atoms with E-state index in [1.54, 1.807) is 0 Å². The average Bonchev–Trinajstić information content (AvgIpc) is 2.93. The van der Waals surface area contributed by atoms with E-state index in [9.17, 15) is 0 Å². The van der Waals surface area contributed by atoms with Crippen molar-refractivity contribution in [3.8, 4) is 0 Å². The van der Waals surface area contributed by atoms with Crippen molar-refractivity contribution in [3.05, 3.63) is 28.5 Å². The molecule has 0 atom stereocenters. The Morgan fingerprint density at radius 2 is 1.15 bits per heavy atom. The number of hydrogen-bond donors (Lipinski definition) is 0. The van der Waals surface area contributed by atoms with Crippen molar-refractivity contribution in [1.29, 1.82) is 0 Å². The van der Waals surface area contributed by atoms with Gasteiger partial charge in [0, 0.05) is 10.7 Å². The van der Waals surface area contributed by atoms with Crippen molar-refractivity contribution in [2.75, 3.05) is 0 Å². The summed E-state index contributed by atoms with van der Waals surface area (Å²) in [6.45, 7) is 26.9. The van der Waals surface area contributed by atoms with Gasteiger partial charge in [-0.3, -0.25) is 4.98 Å². The normalized spacial score (nSPS) is 22.6. The van der Waals surface area contributed by atoms with E-state index in [1.807, 2.05) is 73.7 Å². The van der Waals surface area contributed by atoms with Crippen LogP contribution in [0.25, 0.3) is 0 Å². The third-order valence-corrected chi connectivity index (χ3v) is 8.26. The first-order chi connectivity index (χ1) is 14.6. The second-order valence-electron chi connectivity index (χ2n) is 12.3. The number of rotatable bonds is 4. The summed E-state index contributed by atoms with van der Waals surface area (Å²) in [7, 11) is -2.49. The van der Waals surface area contributed by atoms with Crippen molar-refractivity contribution in [3.63, 3.8) is 0 Å². The maximum atomic E-state index is 6.11. The summed E-state index contributed by atoms with van der Waals surface area (Å²) >= 11 is 3.38. The monoisotopic (exact) mass is 560 g/mol. The molecule has 0 unspecified atom stereocenters. The minimum Gasteiger partial charge on any atom is -0.407 e. The molecule has 0 bridgehead atoms. The van der Waals surface area contributed by atoms with Gasteiger partial charge in [0.2, 0.25) is 0 Å². The molecule has 34 heavy (non-hydrogen) atoms. The number of nitrogens with zero attached hydrogens (tertiary/aromatic N) is 1. The number of pyridine rings is 1. The maximum absolute atomic E-state index is 6.11. The van der Waals surface area contributed by atoms with Crippen LogP contribution in [-0.2, 0) is 28.6 Å². The second-order valence-corrected chi connectivity index (χ2v) is 17.7. The summed E-state index contributed by atoms with van der Waals surface area (Å²) in [5.41, 5.74) is -0.760. The van der Waals surface area contributed by atoms with Crippen LogP contribution in [0.4, 0.5) is 0 Å². The van der Waals surface area contributed by atoms with Crippen LogP contribution in [0, 0.1) is 0 Å².